The van der Waals surface area contributed by atoms with Crippen molar-refractivity contribution in [2.24, 2.45) is 7.05 Å². The molecule has 0 fully saturated rings. The lowest BCUT2D eigenvalue weighted by Gasteiger charge is -2.21. The highest BCUT2D eigenvalue weighted by Gasteiger charge is 2.11. The van der Waals surface area contributed by atoms with Crippen molar-refractivity contribution >= 4 is 15.9 Å². The molecule has 21 heavy (non-hydrogen) atoms. The van der Waals surface area contributed by atoms with Crippen LogP contribution in [0.5, 0.6) is 0 Å². The van der Waals surface area contributed by atoms with Crippen LogP contribution < -0.4 is 5.32 Å². The molecule has 0 bridgehead atoms. The lowest BCUT2D eigenvalue weighted by Crippen LogP contribution is -2.25. The molecule has 0 aliphatic heterocycles. The molecule has 0 aliphatic carbocycles. The van der Waals surface area contributed by atoms with E-state index in [9.17, 15) is 0 Å². The second-order valence-corrected chi connectivity index (χ2v) is 6.36. The summed E-state index contributed by atoms with van der Waals surface area (Å²) in [5, 5.41) is 7.62. The fraction of sp³-hybridized carbons (Fsp3) is 0.438. The van der Waals surface area contributed by atoms with Gasteiger partial charge >= 0.3 is 0 Å². The standard InChI is InChI=1S/C16H23BrN4/c1-18-16(14-5-4-6-15(17)9-14)7-8-20(2)11-13-10-19-21(3)12-13/h4-6,9-10,12,16,18H,7-8,11H2,1-3H3. The maximum Gasteiger partial charge on any atom is 0.0534 e. The first-order valence-corrected chi connectivity index (χ1v) is 7.96. The third-order valence-corrected chi connectivity index (χ3v) is 4.10. The summed E-state index contributed by atoms with van der Waals surface area (Å²) in [5.74, 6) is 0. The van der Waals surface area contributed by atoms with Gasteiger partial charge in [0.05, 0.1) is 6.20 Å². The Labute approximate surface area is 135 Å². The summed E-state index contributed by atoms with van der Waals surface area (Å²) in [6.07, 6.45) is 5.07. The predicted molar refractivity (Wildman–Crippen MR) is 90.1 cm³/mol. The smallest absolute Gasteiger partial charge is 0.0534 e. The van der Waals surface area contributed by atoms with E-state index in [1.807, 2.05) is 25.0 Å². The molecule has 0 spiro atoms. The lowest BCUT2D eigenvalue weighted by molar-refractivity contribution is 0.304. The monoisotopic (exact) mass is 350 g/mol. The third kappa shape index (κ3) is 4.95. The van der Waals surface area contributed by atoms with Crippen molar-refractivity contribution in [1.82, 2.24) is 20.0 Å². The summed E-state index contributed by atoms with van der Waals surface area (Å²) in [4.78, 5) is 2.33. The number of hydrogen-bond donors (Lipinski definition) is 1. The Morgan fingerprint density at radius 3 is 2.86 bits per heavy atom. The highest BCUT2D eigenvalue weighted by Crippen LogP contribution is 2.21. The molecule has 1 aromatic carbocycles. The molecule has 5 heteroatoms. The van der Waals surface area contributed by atoms with Gasteiger partial charge in [-0.1, -0.05) is 28.1 Å². The van der Waals surface area contributed by atoms with Crippen LogP contribution in [0.2, 0.25) is 0 Å². The molecule has 1 heterocycles. The van der Waals surface area contributed by atoms with Gasteiger partial charge in [0.25, 0.3) is 0 Å². The Bertz CT molecular complexity index is 567. The van der Waals surface area contributed by atoms with Gasteiger partial charge in [0, 0.05) is 35.9 Å². The van der Waals surface area contributed by atoms with E-state index in [-0.39, 0.29) is 0 Å². The predicted octanol–water partition coefficient (Wildman–Crippen LogP) is 2.97. The van der Waals surface area contributed by atoms with Crippen LogP contribution in [0, 0.1) is 0 Å². The Morgan fingerprint density at radius 2 is 2.24 bits per heavy atom. The van der Waals surface area contributed by atoms with Crippen LogP contribution in [0.15, 0.2) is 41.1 Å². The van der Waals surface area contributed by atoms with E-state index in [1.165, 1.54) is 11.1 Å². The summed E-state index contributed by atoms with van der Waals surface area (Å²) in [7, 11) is 6.13. The number of benzene rings is 1. The number of aromatic nitrogens is 2. The number of aryl methyl sites for hydroxylation is 1. The van der Waals surface area contributed by atoms with Gasteiger partial charge < -0.3 is 10.2 Å². The van der Waals surface area contributed by atoms with Gasteiger partial charge in [-0.15, -0.1) is 0 Å². The molecule has 1 unspecified atom stereocenters. The van der Waals surface area contributed by atoms with E-state index in [0.717, 1.165) is 24.0 Å². The van der Waals surface area contributed by atoms with Crippen molar-refractivity contribution in [1.29, 1.82) is 0 Å². The van der Waals surface area contributed by atoms with Gasteiger partial charge in [-0.25, -0.2) is 0 Å². The van der Waals surface area contributed by atoms with E-state index < -0.39 is 0 Å². The molecule has 1 N–H and O–H groups in total. The molecule has 4 nitrogen and oxygen atoms in total. The fourth-order valence-electron chi connectivity index (χ4n) is 2.49. The maximum atomic E-state index is 4.21. The van der Waals surface area contributed by atoms with Crippen molar-refractivity contribution < 1.29 is 0 Å². The summed E-state index contributed by atoms with van der Waals surface area (Å²) in [6, 6.07) is 8.88. The van der Waals surface area contributed by atoms with Crippen molar-refractivity contribution in [3.8, 4) is 0 Å². The minimum absolute atomic E-state index is 0.374. The van der Waals surface area contributed by atoms with Gasteiger partial charge in [0.15, 0.2) is 0 Å². The first-order valence-electron chi connectivity index (χ1n) is 7.17. The molecule has 1 atom stereocenters. The van der Waals surface area contributed by atoms with E-state index in [4.69, 9.17) is 0 Å². The first-order chi connectivity index (χ1) is 10.1. The zero-order chi connectivity index (χ0) is 15.2. The molecular formula is C16H23BrN4. The number of halogens is 1. The minimum Gasteiger partial charge on any atom is -0.313 e. The Balaban J connectivity index is 1.87. The number of nitrogens with zero attached hydrogens (tertiary/aromatic N) is 3. The zero-order valence-electron chi connectivity index (χ0n) is 12.9. The number of nitrogens with one attached hydrogen (secondary N) is 1. The lowest BCUT2D eigenvalue weighted by atomic mass is 10.0. The molecule has 114 valence electrons. The van der Waals surface area contributed by atoms with Crippen LogP contribution in [0.1, 0.15) is 23.6 Å². The van der Waals surface area contributed by atoms with Gasteiger partial charge in [0.2, 0.25) is 0 Å². The first kappa shape index (κ1) is 16.2. The van der Waals surface area contributed by atoms with Crippen molar-refractivity contribution in [3.05, 3.63) is 52.3 Å². The number of hydrogen-bond acceptors (Lipinski definition) is 3. The Hall–Kier alpha value is -1.17. The topological polar surface area (TPSA) is 33.1 Å². The van der Waals surface area contributed by atoms with E-state index in [2.05, 4.69) is 68.8 Å². The molecule has 0 saturated carbocycles. The SMILES string of the molecule is CNC(CCN(C)Cc1cnn(C)c1)c1cccc(Br)c1. The minimum atomic E-state index is 0.374. The van der Waals surface area contributed by atoms with Crippen molar-refractivity contribution in [2.45, 2.75) is 19.0 Å². The van der Waals surface area contributed by atoms with E-state index in [1.54, 1.807) is 0 Å². The van der Waals surface area contributed by atoms with Crippen LogP contribution in [0.3, 0.4) is 0 Å². The molecule has 2 aromatic rings. The van der Waals surface area contributed by atoms with Gasteiger partial charge in [-0.3, -0.25) is 4.68 Å². The van der Waals surface area contributed by atoms with Crippen LogP contribution in [-0.4, -0.2) is 35.3 Å². The second kappa shape index (κ2) is 7.73. The quantitative estimate of drug-likeness (QED) is 0.833. The van der Waals surface area contributed by atoms with Gasteiger partial charge in [0.1, 0.15) is 0 Å². The summed E-state index contributed by atoms with van der Waals surface area (Å²) >= 11 is 3.54. The van der Waals surface area contributed by atoms with Crippen LogP contribution >= 0.6 is 15.9 Å². The molecule has 1 aromatic heterocycles. The maximum absolute atomic E-state index is 4.21. The molecule has 2 rings (SSSR count). The summed E-state index contributed by atoms with van der Waals surface area (Å²) < 4.78 is 2.98. The zero-order valence-corrected chi connectivity index (χ0v) is 14.5. The van der Waals surface area contributed by atoms with Crippen LogP contribution in [0.25, 0.3) is 0 Å². The Morgan fingerprint density at radius 1 is 1.43 bits per heavy atom. The van der Waals surface area contributed by atoms with Crippen molar-refractivity contribution in [3.63, 3.8) is 0 Å². The summed E-state index contributed by atoms with van der Waals surface area (Å²) in [5.41, 5.74) is 2.57. The van der Waals surface area contributed by atoms with E-state index in [0.29, 0.717) is 6.04 Å². The molecule has 0 saturated heterocycles. The Kier molecular flexibility index (Phi) is 5.96. The highest BCUT2D eigenvalue weighted by atomic mass is 79.9. The molecule has 0 aliphatic rings. The fourth-order valence-corrected chi connectivity index (χ4v) is 2.91. The molecule has 0 radical (unpaired) electrons. The average Bonchev–Trinajstić information content (AvgIpc) is 2.85. The largest absolute Gasteiger partial charge is 0.313 e. The van der Waals surface area contributed by atoms with E-state index >= 15 is 0 Å². The molecule has 0 amide bonds. The highest BCUT2D eigenvalue weighted by molar-refractivity contribution is 9.10. The number of rotatable bonds is 7. The third-order valence-electron chi connectivity index (χ3n) is 3.61. The van der Waals surface area contributed by atoms with Crippen LogP contribution in [-0.2, 0) is 13.6 Å². The van der Waals surface area contributed by atoms with Crippen LogP contribution in [0.4, 0.5) is 0 Å². The molecular weight excluding hydrogens is 328 g/mol. The second-order valence-electron chi connectivity index (χ2n) is 5.44. The van der Waals surface area contributed by atoms with Gasteiger partial charge in [-0.2, -0.15) is 5.10 Å². The normalized spacial score (nSPS) is 12.8. The average molecular weight is 351 g/mol. The van der Waals surface area contributed by atoms with Gasteiger partial charge in [-0.05, 0) is 44.8 Å². The summed E-state index contributed by atoms with van der Waals surface area (Å²) in [6.45, 7) is 1.97. The van der Waals surface area contributed by atoms with Crippen molar-refractivity contribution in [2.75, 3.05) is 20.6 Å².